The summed E-state index contributed by atoms with van der Waals surface area (Å²) in [5.74, 6) is -0.367. The first-order valence-corrected chi connectivity index (χ1v) is 11.8. The Labute approximate surface area is 210 Å². The van der Waals surface area contributed by atoms with Crippen LogP contribution in [0.5, 0.6) is 11.5 Å². The average molecular weight is 498 g/mol. The topological polar surface area (TPSA) is 92.1 Å². The maximum Gasteiger partial charge on any atom is 0.344 e. The molecule has 8 nitrogen and oxygen atoms in total. The van der Waals surface area contributed by atoms with Crippen molar-refractivity contribution in [2.45, 2.75) is 13.8 Å². The van der Waals surface area contributed by atoms with E-state index in [9.17, 15) is 14.9 Å². The van der Waals surface area contributed by atoms with Crippen molar-refractivity contribution < 1.29 is 23.8 Å². The molecule has 0 aromatic heterocycles. The highest BCUT2D eigenvalue weighted by molar-refractivity contribution is 6.32. The van der Waals surface area contributed by atoms with Gasteiger partial charge < -0.3 is 24.0 Å². The monoisotopic (exact) mass is 497 g/mol. The van der Waals surface area contributed by atoms with Gasteiger partial charge in [-0.2, -0.15) is 5.26 Å². The molecule has 0 radical (unpaired) electrons. The molecule has 0 unspecified atom stereocenters. The molecule has 184 valence electrons. The first-order chi connectivity index (χ1) is 17.0. The molecule has 1 aliphatic heterocycles. The van der Waals surface area contributed by atoms with Gasteiger partial charge in [0.25, 0.3) is 5.91 Å². The van der Waals surface area contributed by atoms with E-state index in [1.165, 1.54) is 6.08 Å². The molecule has 1 heterocycles. The summed E-state index contributed by atoms with van der Waals surface area (Å²) >= 11 is 6.39. The summed E-state index contributed by atoms with van der Waals surface area (Å²) in [6, 6.07) is 15.2. The summed E-state index contributed by atoms with van der Waals surface area (Å²) in [5, 5.41) is 9.88. The molecule has 1 fully saturated rings. The number of halogens is 1. The summed E-state index contributed by atoms with van der Waals surface area (Å²) in [7, 11) is 0. The van der Waals surface area contributed by atoms with Gasteiger partial charge >= 0.3 is 5.97 Å². The van der Waals surface area contributed by atoms with Crippen LogP contribution in [0.2, 0.25) is 5.02 Å². The second-order valence-electron chi connectivity index (χ2n) is 7.64. The summed E-state index contributed by atoms with van der Waals surface area (Å²) < 4.78 is 16.0. The number of nitrogens with zero attached hydrogens (tertiary/aromatic N) is 3. The zero-order valence-electron chi connectivity index (χ0n) is 19.8. The van der Waals surface area contributed by atoms with E-state index in [4.69, 9.17) is 25.8 Å². The van der Waals surface area contributed by atoms with Crippen molar-refractivity contribution in [1.82, 2.24) is 4.90 Å². The van der Waals surface area contributed by atoms with Gasteiger partial charge in [-0.25, -0.2) is 4.79 Å². The molecule has 3 rings (SSSR count). The van der Waals surface area contributed by atoms with Crippen LogP contribution in [0.3, 0.4) is 0 Å². The van der Waals surface area contributed by atoms with Gasteiger partial charge in [-0.3, -0.25) is 4.79 Å². The molecule has 2 aromatic carbocycles. The van der Waals surface area contributed by atoms with Crippen LogP contribution in [0, 0.1) is 11.3 Å². The number of anilines is 1. The van der Waals surface area contributed by atoms with Crippen molar-refractivity contribution in [3.63, 3.8) is 0 Å². The Morgan fingerprint density at radius 1 is 1.06 bits per heavy atom. The number of carbonyl (C=O) groups excluding carboxylic acids is 2. The zero-order valence-corrected chi connectivity index (χ0v) is 20.6. The highest BCUT2D eigenvalue weighted by Crippen LogP contribution is 2.37. The van der Waals surface area contributed by atoms with Crippen LogP contribution in [0.1, 0.15) is 19.4 Å². The van der Waals surface area contributed by atoms with E-state index in [1.54, 1.807) is 30.9 Å². The number of amides is 1. The molecule has 0 N–H and O–H groups in total. The Hall–Kier alpha value is -3.70. The molecule has 35 heavy (non-hydrogen) atoms. The zero-order chi connectivity index (χ0) is 25.2. The van der Waals surface area contributed by atoms with Crippen LogP contribution in [-0.4, -0.2) is 62.8 Å². The van der Waals surface area contributed by atoms with Crippen molar-refractivity contribution in [3.05, 3.63) is 58.6 Å². The van der Waals surface area contributed by atoms with Crippen LogP contribution in [0.25, 0.3) is 6.08 Å². The summed E-state index contributed by atoms with van der Waals surface area (Å²) in [5.41, 5.74) is 1.62. The van der Waals surface area contributed by atoms with Crippen LogP contribution < -0.4 is 14.4 Å². The second-order valence-corrected chi connectivity index (χ2v) is 8.05. The molecular formula is C26H28ClN3O5. The van der Waals surface area contributed by atoms with Crippen LogP contribution in [-0.2, 0) is 14.3 Å². The van der Waals surface area contributed by atoms with E-state index in [0.29, 0.717) is 44.1 Å². The predicted octanol–water partition coefficient (Wildman–Crippen LogP) is 3.94. The van der Waals surface area contributed by atoms with Crippen molar-refractivity contribution in [2.75, 3.05) is 50.9 Å². The van der Waals surface area contributed by atoms with Crippen molar-refractivity contribution in [3.8, 4) is 17.6 Å². The summed E-state index contributed by atoms with van der Waals surface area (Å²) in [6.45, 7) is 6.14. The largest absolute Gasteiger partial charge is 0.490 e. The maximum absolute atomic E-state index is 13.1. The highest BCUT2D eigenvalue weighted by atomic mass is 35.5. The lowest BCUT2D eigenvalue weighted by Crippen LogP contribution is -2.49. The fourth-order valence-electron chi connectivity index (χ4n) is 3.69. The van der Waals surface area contributed by atoms with E-state index in [1.807, 2.05) is 36.4 Å². The van der Waals surface area contributed by atoms with Gasteiger partial charge in [-0.15, -0.1) is 0 Å². The fraction of sp³-hybridized carbons (Fsp3) is 0.346. The summed E-state index contributed by atoms with van der Waals surface area (Å²) in [4.78, 5) is 28.6. The minimum atomic E-state index is -0.528. The van der Waals surface area contributed by atoms with Crippen molar-refractivity contribution >= 4 is 35.2 Å². The van der Waals surface area contributed by atoms with E-state index in [2.05, 4.69) is 4.90 Å². The molecule has 2 aromatic rings. The smallest absolute Gasteiger partial charge is 0.344 e. The lowest BCUT2D eigenvalue weighted by Gasteiger charge is -2.36. The van der Waals surface area contributed by atoms with Gasteiger partial charge in [0, 0.05) is 31.9 Å². The van der Waals surface area contributed by atoms with Crippen molar-refractivity contribution in [2.24, 2.45) is 0 Å². The van der Waals surface area contributed by atoms with E-state index < -0.39 is 5.97 Å². The molecule has 1 saturated heterocycles. The third kappa shape index (κ3) is 6.90. The number of rotatable bonds is 9. The molecule has 9 heteroatoms. The minimum absolute atomic E-state index is 0.00290. The van der Waals surface area contributed by atoms with Gasteiger partial charge in [0.1, 0.15) is 11.6 Å². The lowest BCUT2D eigenvalue weighted by atomic mass is 10.1. The Morgan fingerprint density at radius 2 is 1.77 bits per heavy atom. The van der Waals surface area contributed by atoms with Gasteiger partial charge in [-0.1, -0.05) is 29.8 Å². The number of benzene rings is 2. The number of hydrogen-bond donors (Lipinski definition) is 0. The number of hydrogen-bond acceptors (Lipinski definition) is 7. The molecule has 0 spiro atoms. The Kier molecular flexibility index (Phi) is 9.39. The number of ether oxygens (including phenoxy) is 3. The number of nitriles is 1. The van der Waals surface area contributed by atoms with Gasteiger partial charge in [0.2, 0.25) is 0 Å². The fourth-order valence-corrected chi connectivity index (χ4v) is 3.97. The van der Waals surface area contributed by atoms with Gasteiger partial charge in [0.05, 0.1) is 18.2 Å². The maximum atomic E-state index is 13.1. The molecular weight excluding hydrogens is 470 g/mol. The van der Waals surface area contributed by atoms with Gasteiger partial charge in [0.15, 0.2) is 18.1 Å². The Balaban J connectivity index is 1.74. The van der Waals surface area contributed by atoms with Gasteiger partial charge in [-0.05, 0) is 49.8 Å². The third-order valence-electron chi connectivity index (χ3n) is 5.32. The Bertz CT molecular complexity index is 1110. The van der Waals surface area contributed by atoms with E-state index >= 15 is 0 Å². The quantitative estimate of drug-likeness (QED) is 0.294. The molecule has 0 bridgehead atoms. The molecule has 1 amide bonds. The third-order valence-corrected chi connectivity index (χ3v) is 5.60. The van der Waals surface area contributed by atoms with Crippen molar-refractivity contribution in [1.29, 1.82) is 5.26 Å². The molecule has 0 aliphatic carbocycles. The Morgan fingerprint density at radius 3 is 2.40 bits per heavy atom. The predicted molar refractivity (Wildman–Crippen MR) is 134 cm³/mol. The standard InChI is InChI=1S/C26H28ClN3O5/c1-3-33-23-16-19(15-22(27)25(23)35-18-24(31)34-4-2)14-20(17-28)26(32)30-12-10-29(11-13-30)21-8-6-5-7-9-21/h5-9,14-16H,3-4,10-13,18H2,1-2H3/b20-14-. The molecule has 0 atom stereocenters. The first kappa shape index (κ1) is 25.9. The van der Waals surface area contributed by atoms with Crippen LogP contribution in [0.15, 0.2) is 48.0 Å². The highest BCUT2D eigenvalue weighted by Gasteiger charge is 2.24. The van der Waals surface area contributed by atoms with E-state index in [0.717, 1.165) is 5.69 Å². The SMILES string of the molecule is CCOC(=O)COc1c(Cl)cc(/C=C(/C#N)C(=O)N2CCN(c3ccccc3)CC2)cc1OCC. The normalized spacial score (nSPS) is 13.7. The molecule has 0 saturated carbocycles. The van der Waals surface area contributed by atoms with Crippen LogP contribution in [0.4, 0.5) is 5.69 Å². The first-order valence-electron chi connectivity index (χ1n) is 11.4. The molecule has 1 aliphatic rings. The number of carbonyl (C=O) groups is 2. The number of esters is 1. The van der Waals surface area contributed by atoms with Crippen LogP contribution >= 0.6 is 11.6 Å². The number of para-hydroxylation sites is 1. The second kappa shape index (κ2) is 12.7. The lowest BCUT2D eigenvalue weighted by molar-refractivity contribution is -0.145. The average Bonchev–Trinajstić information content (AvgIpc) is 2.87. The summed E-state index contributed by atoms with van der Waals surface area (Å²) in [6.07, 6.45) is 1.48. The number of piperazine rings is 1. The van der Waals surface area contributed by atoms with E-state index in [-0.39, 0.29) is 35.5 Å². The minimum Gasteiger partial charge on any atom is -0.490 e.